The van der Waals surface area contributed by atoms with Gasteiger partial charge in [-0.15, -0.1) is 0 Å². The van der Waals surface area contributed by atoms with Gasteiger partial charge in [0, 0.05) is 32.0 Å². The van der Waals surface area contributed by atoms with Gasteiger partial charge in [0.15, 0.2) is 0 Å². The molecule has 0 saturated carbocycles. The van der Waals surface area contributed by atoms with Crippen molar-refractivity contribution in [3.05, 3.63) is 48.0 Å². The van der Waals surface area contributed by atoms with E-state index in [1.165, 1.54) is 0 Å². The van der Waals surface area contributed by atoms with Crippen LogP contribution in [0.15, 0.2) is 43.0 Å². The summed E-state index contributed by atoms with van der Waals surface area (Å²) in [6.07, 6.45) is 8.15. The van der Waals surface area contributed by atoms with Gasteiger partial charge >= 0.3 is 0 Å². The van der Waals surface area contributed by atoms with Crippen LogP contribution in [0.3, 0.4) is 0 Å². The molecular weight excluding hydrogens is 286 g/mol. The van der Waals surface area contributed by atoms with Gasteiger partial charge in [0.25, 0.3) is 0 Å². The van der Waals surface area contributed by atoms with Crippen LogP contribution in [0.2, 0.25) is 5.02 Å². The number of aromatic nitrogens is 2. The molecule has 0 aliphatic carbocycles. The number of imidazole rings is 1. The molecule has 1 atom stereocenters. The van der Waals surface area contributed by atoms with Crippen molar-refractivity contribution in [2.45, 2.75) is 25.5 Å². The van der Waals surface area contributed by atoms with Gasteiger partial charge in [-0.05, 0) is 31.5 Å². The van der Waals surface area contributed by atoms with E-state index in [2.05, 4.69) is 14.5 Å². The summed E-state index contributed by atoms with van der Waals surface area (Å²) in [5.74, 6) is 0.796. The first-order valence-electron chi connectivity index (χ1n) is 7.40. The van der Waals surface area contributed by atoms with Crippen molar-refractivity contribution < 1.29 is 4.74 Å². The Hall–Kier alpha value is -1.52. The van der Waals surface area contributed by atoms with E-state index in [1.807, 2.05) is 43.0 Å². The molecule has 0 spiro atoms. The second-order valence-electron chi connectivity index (χ2n) is 5.41. The Bertz CT molecular complexity index is 558. The average Bonchev–Trinajstić information content (AvgIpc) is 3.14. The number of hydrogen-bond donors (Lipinski definition) is 0. The van der Waals surface area contributed by atoms with Crippen LogP contribution < -0.4 is 4.74 Å². The van der Waals surface area contributed by atoms with E-state index >= 15 is 0 Å². The molecule has 2 aromatic rings. The van der Waals surface area contributed by atoms with E-state index in [4.69, 9.17) is 16.3 Å². The quantitative estimate of drug-likeness (QED) is 0.821. The Balaban J connectivity index is 1.42. The molecule has 0 N–H and O–H groups in total. The molecule has 1 aliphatic heterocycles. The molecule has 0 radical (unpaired) electrons. The second-order valence-corrected chi connectivity index (χ2v) is 5.82. The number of benzene rings is 1. The summed E-state index contributed by atoms with van der Waals surface area (Å²) in [6.45, 7) is 4.20. The fraction of sp³-hybridized carbons (Fsp3) is 0.438. The van der Waals surface area contributed by atoms with Gasteiger partial charge in [-0.25, -0.2) is 4.98 Å². The van der Waals surface area contributed by atoms with Gasteiger partial charge in [-0.1, -0.05) is 23.7 Å². The minimum atomic E-state index is 0.248. The summed E-state index contributed by atoms with van der Waals surface area (Å²) in [6, 6.07) is 7.68. The minimum absolute atomic E-state index is 0.248. The molecule has 1 aromatic heterocycles. The predicted octanol–water partition coefficient (Wildman–Crippen LogP) is 3.08. The third kappa shape index (κ3) is 3.99. The molecule has 1 fully saturated rings. The fourth-order valence-corrected chi connectivity index (χ4v) is 2.89. The van der Waals surface area contributed by atoms with Crippen molar-refractivity contribution in [1.29, 1.82) is 0 Å². The zero-order valence-electron chi connectivity index (χ0n) is 12.0. The third-order valence-electron chi connectivity index (χ3n) is 3.81. The topological polar surface area (TPSA) is 30.3 Å². The van der Waals surface area contributed by atoms with Crippen LogP contribution in [-0.4, -0.2) is 40.2 Å². The highest BCUT2D eigenvalue weighted by Gasteiger charge is 2.23. The Kier molecular flexibility index (Phi) is 4.78. The van der Waals surface area contributed by atoms with Crippen LogP contribution in [0.1, 0.15) is 12.8 Å². The maximum Gasteiger partial charge on any atom is 0.138 e. The molecule has 5 heteroatoms. The average molecular weight is 306 g/mol. The maximum atomic E-state index is 6.13. The summed E-state index contributed by atoms with van der Waals surface area (Å²) in [7, 11) is 0. The molecule has 2 heterocycles. The summed E-state index contributed by atoms with van der Waals surface area (Å²) < 4.78 is 8.12. The molecule has 112 valence electrons. The third-order valence-corrected chi connectivity index (χ3v) is 4.12. The van der Waals surface area contributed by atoms with Crippen LogP contribution in [0.4, 0.5) is 0 Å². The van der Waals surface area contributed by atoms with Crippen molar-refractivity contribution in [1.82, 2.24) is 14.5 Å². The summed E-state index contributed by atoms with van der Waals surface area (Å²) in [5, 5.41) is 0.691. The number of nitrogens with zero attached hydrogens (tertiary/aromatic N) is 3. The monoisotopic (exact) mass is 305 g/mol. The van der Waals surface area contributed by atoms with Crippen molar-refractivity contribution in [2.24, 2.45) is 0 Å². The molecule has 3 rings (SSSR count). The van der Waals surface area contributed by atoms with Crippen LogP contribution in [0.25, 0.3) is 0 Å². The number of rotatable bonds is 6. The number of aryl methyl sites for hydroxylation is 1. The largest absolute Gasteiger partial charge is 0.487 e. The highest BCUT2D eigenvalue weighted by Crippen LogP contribution is 2.26. The second kappa shape index (κ2) is 6.96. The lowest BCUT2D eigenvalue weighted by atomic mass is 10.3. The Labute approximate surface area is 130 Å². The first kappa shape index (κ1) is 14.4. The highest BCUT2D eigenvalue weighted by atomic mass is 35.5. The smallest absolute Gasteiger partial charge is 0.138 e. The molecule has 1 unspecified atom stereocenters. The normalized spacial score (nSPS) is 19.0. The maximum absolute atomic E-state index is 6.13. The van der Waals surface area contributed by atoms with Gasteiger partial charge in [0.2, 0.25) is 0 Å². The minimum Gasteiger partial charge on any atom is -0.487 e. The Morgan fingerprint density at radius 2 is 2.19 bits per heavy atom. The lowest BCUT2D eigenvalue weighted by Crippen LogP contribution is -2.26. The van der Waals surface area contributed by atoms with E-state index in [-0.39, 0.29) is 6.10 Å². The number of para-hydroxylation sites is 1. The Morgan fingerprint density at radius 1 is 1.29 bits per heavy atom. The molecule has 21 heavy (non-hydrogen) atoms. The van der Waals surface area contributed by atoms with E-state index in [1.54, 1.807) is 0 Å². The lowest BCUT2D eigenvalue weighted by Gasteiger charge is -2.17. The van der Waals surface area contributed by atoms with Crippen molar-refractivity contribution in [3.8, 4) is 5.75 Å². The van der Waals surface area contributed by atoms with Gasteiger partial charge < -0.3 is 9.30 Å². The standard InChI is InChI=1S/C16H20ClN3O/c17-15-4-1-2-5-16(15)21-14-6-10-19(12-14)8-3-9-20-11-7-18-13-20/h1-2,4-5,7,11,13-14H,3,6,8-10,12H2. The van der Waals surface area contributed by atoms with Crippen LogP contribution in [0, 0.1) is 0 Å². The van der Waals surface area contributed by atoms with Crippen LogP contribution in [-0.2, 0) is 6.54 Å². The summed E-state index contributed by atoms with van der Waals surface area (Å²) in [5.41, 5.74) is 0. The predicted molar refractivity (Wildman–Crippen MR) is 83.8 cm³/mol. The van der Waals surface area contributed by atoms with Gasteiger partial charge in [0.05, 0.1) is 11.3 Å². The lowest BCUT2D eigenvalue weighted by molar-refractivity contribution is 0.199. The highest BCUT2D eigenvalue weighted by molar-refractivity contribution is 6.32. The molecule has 0 amide bonds. The van der Waals surface area contributed by atoms with E-state index in [0.717, 1.165) is 44.8 Å². The van der Waals surface area contributed by atoms with Gasteiger partial charge in [-0.3, -0.25) is 4.90 Å². The van der Waals surface area contributed by atoms with Gasteiger partial charge in [-0.2, -0.15) is 0 Å². The van der Waals surface area contributed by atoms with Crippen LogP contribution >= 0.6 is 11.6 Å². The first-order chi connectivity index (χ1) is 10.3. The first-order valence-corrected chi connectivity index (χ1v) is 7.78. The van der Waals surface area contributed by atoms with Crippen molar-refractivity contribution in [3.63, 3.8) is 0 Å². The Morgan fingerprint density at radius 3 is 3.00 bits per heavy atom. The zero-order chi connectivity index (χ0) is 14.5. The molecular formula is C16H20ClN3O. The number of likely N-dealkylation sites (tertiary alicyclic amines) is 1. The SMILES string of the molecule is Clc1ccccc1OC1CCN(CCCn2ccnc2)C1. The number of halogens is 1. The summed E-state index contributed by atoms with van der Waals surface area (Å²) >= 11 is 6.13. The van der Waals surface area contributed by atoms with E-state index in [0.29, 0.717) is 5.02 Å². The number of hydrogen-bond acceptors (Lipinski definition) is 3. The van der Waals surface area contributed by atoms with Gasteiger partial charge in [0.1, 0.15) is 11.9 Å². The molecule has 1 saturated heterocycles. The van der Waals surface area contributed by atoms with Crippen molar-refractivity contribution >= 4 is 11.6 Å². The van der Waals surface area contributed by atoms with E-state index in [9.17, 15) is 0 Å². The zero-order valence-corrected chi connectivity index (χ0v) is 12.7. The van der Waals surface area contributed by atoms with E-state index < -0.39 is 0 Å². The fourth-order valence-electron chi connectivity index (χ4n) is 2.71. The molecule has 1 aliphatic rings. The molecule has 0 bridgehead atoms. The molecule has 4 nitrogen and oxygen atoms in total. The van der Waals surface area contributed by atoms with Crippen molar-refractivity contribution in [2.75, 3.05) is 19.6 Å². The van der Waals surface area contributed by atoms with Crippen LogP contribution in [0.5, 0.6) is 5.75 Å². The number of ether oxygens (including phenoxy) is 1. The summed E-state index contributed by atoms with van der Waals surface area (Å²) in [4.78, 5) is 6.51. The molecule has 1 aromatic carbocycles.